The van der Waals surface area contributed by atoms with Crippen molar-refractivity contribution in [1.82, 2.24) is 25.3 Å². The van der Waals surface area contributed by atoms with Crippen molar-refractivity contribution in [2.75, 3.05) is 25.5 Å². The zero-order valence-corrected chi connectivity index (χ0v) is 28.7. The number of nitrogens with one attached hydrogen (secondary N) is 3. The lowest BCUT2D eigenvalue weighted by Gasteiger charge is -2.29. The van der Waals surface area contributed by atoms with Crippen LogP contribution < -0.4 is 20.7 Å². The second-order valence-corrected chi connectivity index (χ2v) is 13.6. The van der Waals surface area contributed by atoms with Gasteiger partial charge in [0.25, 0.3) is 5.91 Å². The summed E-state index contributed by atoms with van der Waals surface area (Å²) in [5.41, 5.74) is 0.114. The second kappa shape index (κ2) is 15.8. The standard InChI is InChI=1S/C36H48N6O6/c1-35(2,3)48-34(46)40-36(4,5)33(45)39-29(16-12-15-25-13-8-7-9-14-25)31(43)38-27-23-37-42(24-27)30(32(44)41-21-10-11-22-41)26-17-19-28(47-6)20-18-26/h7-9,13-14,17-20,23-24,29-30H,10-12,15-16,21-22H2,1-6H3,(H,38,43)(H,39,45)(H,40,46)/t29-,30?/m1/s1. The number of aryl methyl sites for hydroxylation is 1. The number of likely N-dealkylation sites (tertiary alicyclic amines) is 1. The highest BCUT2D eigenvalue weighted by Crippen LogP contribution is 2.26. The molecule has 0 saturated carbocycles. The summed E-state index contributed by atoms with van der Waals surface area (Å²) in [6.07, 6.45) is 5.93. The lowest BCUT2D eigenvalue weighted by Crippen LogP contribution is -2.58. The summed E-state index contributed by atoms with van der Waals surface area (Å²) in [6, 6.07) is 15.5. The molecule has 3 aromatic rings. The molecule has 1 aromatic heterocycles. The molecule has 4 rings (SSSR count). The normalized spacial score (nSPS) is 14.5. The first-order valence-corrected chi connectivity index (χ1v) is 16.4. The highest BCUT2D eigenvalue weighted by atomic mass is 16.6. The van der Waals surface area contributed by atoms with E-state index in [2.05, 4.69) is 21.0 Å². The molecule has 48 heavy (non-hydrogen) atoms. The highest BCUT2D eigenvalue weighted by molar-refractivity contribution is 5.99. The van der Waals surface area contributed by atoms with E-state index in [1.807, 2.05) is 47.4 Å². The van der Waals surface area contributed by atoms with Gasteiger partial charge in [-0.15, -0.1) is 0 Å². The van der Waals surface area contributed by atoms with Crippen molar-refractivity contribution in [2.24, 2.45) is 0 Å². The molecular weight excluding hydrogens is 612 g/mol. The Kier molecular flexibility index (Phi) is 11.9. The van der Waals surface area contributed by atoms with E-state index in [1.54, 1.807) is 64.7 Å². The van der Waals surface area contributed by atoms with E-state index >= 15 is 0 Å². The number of rotatable bonds is 13. The van der Waals surface area contributed by atoms with Gasteiger partial charge in [0.15, 0.2) is 6.04 Å². The fourth-order valence-corrected chi connectivity index (χ4v) is 5.46. The Balaban J connectivity index is 1.51. The quantitative estimate of drug-likeness (QED) is 0.238. The third kappa shape index (κ3) is 10.1. The molecule has 0 spiro atoms. The smallest absolute Gasteiger partial charge is 0.408 e. The summed E-state index contributed by atoms with van der Waals surface area (Å²) in [4.78, 5) is 55.2. The topological polar surface area (TPSA) is 144 Å². The molecule has 258 valence electrons. The zero-order chi connectivity index (χ0) is 34.9. The van der Waals surface area contributed by atoms with Crippen molar-refractivity contribution in [1.29, 1.82) is 0 Å². The average Bonchev–Trinajstić information content (AvgIpc) is 3.73. The minimum Gasteiger partial charge on any atom is -0.497 e. The first-order chi connectivity index (χ1) is 22.8. The molecule has 2 aromatic carbocycles. The number of alkyl carbamates (subject to hydrolysis) is 1. The van der Waals surface area contributed by atoms with Gasteiger partial charge in [-0.25, -0.2) is 4.79 Å². The molecule has 12 nitrogen and oxygen atoms in total. The van der Waals surface area contributed by atoms with Crippen LogP contribution in [0.15, 0.2) is 67.0 Å². The van der Waals surface area contributed by atoms with Crippen LogP contribution in [0, 0.1) is 0 Å². The Morgan fingerprint density at radius 2 is 1.60 bits per heavy atom. The van der Waals surface area contributed by atoms with Crippen LogP contribution in [0.4, 0.5) is 10.5 Å². The molecule has 0 radical (unpaired) electrons. The molecule has 0 aliphatic carbocycles. The van der Waals surface area contributed by atoms with Crippen molar-refractivity contribution in [3.05, 3.63) is 78.1 Å². The van der Waals surface area contributed by atoms with Crippen LogP contribution in [-0.2, 0) is 25.5 Å². The molecule has 1 aliphatic heterocycles. The monoisotopic (exact) mass is 660 g/mol. The maximum Gasteiger partial charge on any atom is 0.408 e. The van der Waals surface area contributed by atoms with Crippen molar-refractivity contribution in [3.8, 4) is 5.75 Å². The van der Waals surface area contributed by atoms with Crippen LogP contribution >= 0.6 is 0 Å². The third-order valence-corrected chi connectivity index (χ3v) is 8.02. The van der Waals surface area contributed by atoms with Gasteiger partial charge in [-0.3, -0.25) is 19.1 Å². The fraction of sp³-hybridized carbons (Fsp3) is 0.472. The molecule has 1 aliphatic rings. The minimum absolute atomic E-state index is 0.0792. The Bertz CT molecular complexity index is 1540. The van der Waals surface area contributed by atoms with E-state index in [4.69, 9.17) is 9.47 Å². The molecule has 1 fully saturated rings. The van der Waals surface area contributed by atoms with Crippen molar-refractivity contribution in [2.45, 2.75) is 89.9 Å². The lowest BCUT2D eigenvalue weighted by atomic mass is 10.0. The van der Waals surface area contributed by atoms with Gasteiger partial charge in [0.05, 0.1) is 19.0 Å². The summed E-state index contributed by atoms with van der Waals surface area (Å²) < 4.78 is 12.2. The van der Waals surface area contributed by atoms with Crippen molar-refractivity contribution < 1.29 is 28.7 Å². The predicted molar refractivity (Wildman–Crippen MR) is 183 cm³/mol. The Morgan fingerprint density at radius 3 is 2.23 bits per heavy atom. The number of amides is 4. The van der Waals surface area contributed by atoms with Gasteiger partial charge in [0.2, 0.25) is 11.8 Å². The molecule has 1 unspecified atom stereocenters. The van der Waals surface area contributed by atoms with Gasteiger partial charge in [0.1, 0.15) is 22.9 Å². The summed E-state index contributed by atoms with van der Waals surface area (Å²) in [5, 5.41) is 12.8. The van der Waals surface area contributed by atoms with E-state index < -0.39 is 41.1 Å². The number of hydrogen-bond acceptors (Lipinski definition) is 7. The molecule has 3 N–H and O–H groups in total. The largest absolute Gasteiger partial charge is 0.497 e. The van der Waals surface area contributed by atoms with E-state index in [1.165, 1.54) is 6.20 Å². The summed E-state index contributed by atoms with van der Waals surface area (Å²) in [6.45, 7) is 9.65. The van der Waals surface area contributed by atoms with Crippen LogP contribution in [-0.4, -0.2) is 75.9 Å². The van der Waals surface area contributed by atoms with Crippen molar-refractivity contribution in [3.63, 3.8) is 0 Å². The number of aromatic nitrogens is 2. The predicted octanol–water partition coefficient (Wildman–Crippen LogP) is 4.85. The Morgan fingerprint density at radius 1 is 0.938 bits per heavy atom. The molecule has 1 saturated heterocycles. The van der Waals surface area contributed by atoms with Crippen LogP contribution in [0.2, 0.25) is 0 Å². The van der Waals surface area contributed by atoms with Crippen LogP contribution in [0.25, 0.3) is 0 Å². The van der Waals surface area contributed by atoms with Gasteiger partial charge in [0, 0.05) is 19.3 Å². The molecule has 2 heterocycles. The molecule has 2 atom stereocenters. The van der Waals surface area contributed by atoms with E-state index in [-0.39, 0.29) is 5.91 Å². The lowest BCUT2D eigenvalue weighted by molar-refractivity contribution is -0.132. The highest BCUT2D eigenvalue weighted by Gasteiger charge is 2.35. The number of carbonyl (C=O) groups excluding carboxylic acids is 4. The maximum absolute atomic E-state index is 13.7. The second-order valence-electron chi connectivity index (χ2n) is 13.6. The molecule has 0 bridgehead atoms. The van der Waals surface area contributed by atoms with Crippen molar-refractivity contribution >= 4 is 29.5 Å². The number of hydrogen-bond donors (Lipinski definition) is 3. The third-order valence-electron chi connectivity index (χ3n) is 8.02. The molecule has 12 heteroatoms. The van der Waals surface area contributed by atoms with Gasteiger partial charge >= 0.3 is 6.09 Å². The number of ether oxygens (including phenoxy) is 2. The SMILES string of the molecule is COc1ccc(C(C(=O)N2CCCC2)n2cc(NC(=O)[C@@H](CCCc3ccccc3)NC(=O)C(C)(C)NC(=O)OC(C)(C)C)cn2)cc1. The minimum atomic E-state index is -1.37. The van der Waals surface area contributed by atoms with Gasteiger partial charge in [-0.05, 0) is 90.0 Å². The van der Waals surface area contributed by atoms with Gasteiger partial charge < -0.3 is 30.3 Å². The van der Waals surface area contributed by atoms with E-state index in [0.29, 0.717) is 43.8 Å². The van der Waals surface area contributed by atoms with E-state index in [9.17, 15) is 19.2 Å². The number of benzene rings is 2. The number of anilines is 1. The number of methoxy groups -OCH3 is 1. The van der Waals surface area contributed by atoms with E-state index in [0.717, 1.165) is 24.0 Å². The van der Waals surface area contributed by atoms with Crippen LogP contribution in [0.3, 0.4) is 0 Å². The van der Waals surface area contributed by atoms with Crippen LogP contribution in [0.1, 0.15) is 77.5 Å². The Hall–Kier alpha value is -4.87. The summed E-state index contributed by atoms with van der Waals surface area (Å²) >= 11 is 0. The van der Waals surface area contributed by atoms with Gasteiger partial charge in [-0.1, -0.05) is 42.5 Å². The zero-order valence-electron chi connectivity index (χ0n) is 28.7. The number of carbonyl (C=O) groups is 4. The summed E-state index contributed by atoms with van der Waals surface area (Å²) in [5.74, 6) is -0.399. The first-order valence-electron chi connectivity index (χ1n) is 16.4. The molecular formula is C36H48N6O6. The average molecular weight is 661 g/mol. The fourth-order valence-electron chi connectivity index (χ4n) is 5.46. The Labute approximate surface area is 282 Å². The first kappa shape index (κ1) is 36.0. The van der Waals surface area contributed by atoms with Gasteiger partial charge in [-0.2, -0.15) is 5.10 Å². The molecule has 4 amide bonds. The number of nitrogens with zero attached hydrogens (tertiary/aromatic N) is 3. The van der Waals surface area contributed by atoms with Crippen LogP contribution in [0.5, 0.6) is 5.75 Å². The summed E-state index contributed by atoms with van der Waals surface area (Å²) in [7, 11) is 1.58. The maximum atomic E-state index is 13.7.